The molecular formula is C52H37N3. The van der Waals surface area contributed by atoms with Crippen LogP contribution in [0.1, 0.15) is 33.4 Å². The minimum atomic E-state index is -0.519. The summed E-state index contributed by atoms with van der Waals surface area (Å²) in [4.78, 5) is 15.6. The summed E-state index contributed by atoms with van der Waals surface area (Å²) in [6.07, 6.45) is 0. The lowest BCUT2D eigenvalue weighted by Gasteiger charge is -2.34. The van der Waals surface area contributed by atoms with Crippen molar-refractivity contribution in [3.63, 3.8) is 0 Å². The third kappa shape index (κ3) is 5.31. The third-order valence-electron chi connectivity index (χ3n) is 11.2. The van der Waals surface area contributed by atoms with E-state index in [-0.39, 0.29) is 0 Å². The van der Waals surface area contributed by atoms with Crippen molar-refractivity contribution in [2.45, 2.75) is 19.3 Å². The number of aryl methyl sites for hydroxylation is 2. The smallest absolute Gasteiger partial charge is 0.165 e. The Morgan fingerprint density at radius 3 is 1.47 bits per heavy atom. The summed E-state index contributed by atoms with van der Waals surface area (Å²) in [5.74, 6) is 1.93. The molecule has 1 aliphatic carbocycles. The molecule has 0 saturated carbocycles. The summed E-state index contributed by atoms with van der Waals surface area (Å²) >= 11 is 0. The molecule has 0 bridgehead atoms. The molecule has 10 rings (SSSR count). The zero-order chi connectivity index (χ0) is 36.9. The number of aromatic nitrogens is 3. The van der Waals surface area contributed by atoms with Gasteiger partial charge < -0.3 is 0 Å². The van der Waals surface area contributed by atoms with Crippen LogP contribution in [-0.2, 0) is 5.41 Å². The Hall–Kier alpha value is -6.97. The Labute approximate surface area is 321 Å². The fourth-order valence-corrected chi connectivity index (χ4v) is 8.61. The largest absolute Gasteiger partial charge is 0.208 e. The van der Waals surface area contributed by atoms with E-state index in [9.17, 15) is 0 Å². The lowest BCUT2D eigenvalue weighted by atomic mass is 9.67. The Morgan fingerprint density at radius 2 is 0.836 bits per heavy atom. The zero-order valence-corrected chi connectivity index (χ0v) is 30.7. The van der Waals surface area contributed by atoms with Gasteiger partial charge in [0.05, 0.1) is 5.41 Å². The molecule has 0 atom stereocenters. The summed E-state index contributed by atoms with van der Waals surface area (Å²) in [5, 5.41) is 2.22. The van der Waals surface area contributed by atoms with Crippen LogP contribution in [-0.4, -0.2) is 15.0 Å². The first-order valence-electron chi connectivity index (χ1n) is 18.9. The van der Waals surface area contributed by atoms with Crippen LogP contribution in [0.25, 0.3) is 67.2 Å². The van der Waals surface area contributed by atoms with Gasteiger partial charge in [0.1, 0.15) is 0 Å². The molecule has 260 valence electrons. The minimum Gasteiger partial charge on any atom is -0.208 e. The van der Waals surface area contributed by atoms with E-state index >= 15 is 0 Å². The minimum absolute atomic E-state index is 0.519. The molecule has 1 aromatic heterocycles. The van der Waals surface area contributed by atoms with E-state index in [1.807, 2.05) is 36.4 Å². The van der Waals surface area contributed by atoms with E-state index in [0.29, 0.717) is 17.5 Å². The van der Waals surface area contributed by atoms with Crippen molar-refractivity contribution < 1.29 is 0 Å². The highest BCUT2D eigenvalue weighted by Crippen LogP contribution is 2.59. The quantitative estimate of drug-likeness (QED) is 0.173. The normalized spacial score (nSPS) is 12.7. The molecule has 8 aromatic carbocycles. The number of hydrogen-bond donors (Lipinski definition) is 0. The Bertz CT molecular complexity index is 2760. The van der Waals surface area contributed by atoms with Crippen LogP contribution in [0.3, 0.4) is 0 Å². The summed E-state index contributed by atoms with van der Waals surface area (Å²) in [7, 11) is 0. The second-order valence-corrected chi connectivity index (χ2v) is 14.5. The molecule has 0 spiro atoms. The zero-order valence-electron chi connectivity index (χ0n) is 30.7. The van der Waals surface area contributed by atoms with Crippen LogP contribution in [0.4, 0.5) is 0 Å². The van der Waals surface area contributed by atoms with Crippen LogP contribution >= 0.6 is 0 Å². The molecule has 0 aliphatic heterocycles. The molecule has 9 aromatic rings. The van der Waals surface area contributed by atoms with Gasteiger partial charge in [0, 0.05) is 16.7 Å². The van der Waals surface area contributed by atoms with Gasteiger partial charge in [-0.05, 0) is 69.1 Å². The van der Waals surface area contributed by atoms with Crippen LogP contribution in [0, 0.1) is 13.8 Å². The Morgan fingerprint density at radius 1 is 0.345 bits per heavy atom. The van der Waals surface area contributed by atoms with Gasteiger partial charge in [-0.3, -0.25) is 0 Å². The van der Waals surface area contributed by atoms with Gasteiger partial charge in [-0.15, -0.1) is 0 Å². The molecule has 0 radical (unpaired) electrons. The predicted molar refractivity (Wildman–Crippen MR) is 226 cm³/mol. The number of benzene rings is 8. The third-order valence-corrected chi connectivity index (χ3v) is 11.2. The van der Waals surface area contributed by atoms with Gasteiger partial charge in [-0.1, -0.05) is 199 Å². The average Bonchev–Trinajstić information content (AvgIpc) is 3.55. The van der Waals surface area contributed by atoms with Gasteiger partial charge in [0.15, 0.2) is 17.5 Å². The average molecular weight is 704 g/mol. The summed E-state index contributed by atoms with van der Waals surface area (Å²) < 4.78 is 0. The van der Waals surface area contributed by atoms with Crippen molar-refractivity contribution in [3.8, 4) is 56.4 Å². The topological polar surface area (TPSA) is 38.7 Å². The summed E-state index contributed by atoms with van der Waals surface area (Å²) in [5.41, 5.74) is 14.6. The van der Waals surface area contributed by atoms with Gasteiger partial charge in [-0.2, -0.15) is 0 Å². The van der Waals surface area contributed by atoms with Crippen LogP contribution in [0.5, 0.6) is 0 Å². The van der Waals surface area contributed by atoms with E-state index in [1.165, 1.54) is 44.5 Å². The maximum atomic E-state index is 5.29. The highest BCUT2D eigenvalue weighted by atomic mass is 15.0. The van der Waals surface area contributed by atoms with Crippen molar-refractivity contribution in [2.75, 3.05) is 0 Å². The lowest BCUT2D eigenvalue weighted by molar-refractivity contribution is 0.767. The number of fused-ring (bicyclic) bond motifs is 4. The molecular weight excluding hydrogens is 667 g/mol. The van der Waals surface area contributed by atoms with E-state index in [2.05, 4.69) is 166 Å². The molecule has 55 heavy (non-hydrogen) atoms. The SMILES string of the molecule is Cc1ccc(C2(c3ccc(C)cc3)c3ccccc3-c3c(-c4ccc5ccccc5c4-c4nc(-c5ccccc5)nc(-c5ccccc5)n4)cccc32)cc1. The van der Waals surface area contributed by atoms with Crippen molar-refractivity contribution in [3.05, 3.63) is 221 Å². The summed E-state index contributed by atoms with van der Waals surface area (Å²) in [6.45, 7) is 4.32. The van der Waals surface area contributed by atoms with E-state index in [0.717, 1.165) is 38.6 Å². The van der Waals surface area contributed by atoms with E-state index in [4.69, 9.17) is 15.0 Å². The monoisotopic (exact) mass is 703 g/mol. The van der Waals surface area contributed by atoms with Crippen LogP contribution in [0.2, 0.25) is 0 Å². The molecule has 1 heterocycles. The van der Waals surface area contributed by atoms with Crippen molar-refractivity contribution in [2.24, 2.45) is 0 Å². The fraction of sp³-hybridized carbons (Fsp3) is 0.0577. The standard InChI is InChI=1S/C52H37N3/c1-34-24-29-39(30-25-34)52(40-31-26-35(2)27-32-40)45-22-12-11-20-44(45)47-42(21-13-23-46(47)52)43-33-28-36-14-9-10-19-41(36)48(43)51-54-49(37-15-5-3-6-16-37)53-50(55-51)38-17-7-4-8-18-38/h3-33H,1-2H3. The van der Waals surface area contributed by atoms with Gasteiger partial charge >= 0.3 is 0 Å². The Kier molecular flexibility index (Phi) is 7.81. The second kappa shape index (κ2) is 13.2. The number of rotatable bonds is 6. The maximum Gasteiger partial charge on any atom is 0.165 e. The maximum absolute atomic E-state index is 5.29. The first kappa shape index (κ1) is 32.7. The van der Waals surface area contributed by atoms with Crippen LogP contribution < -0.4 is 0 Å². The fourth-order valence-electron chi connectivity index (χ4n) is 8.61. The molecule has 0 saturated heterocycles. The van der Waals surface area contributed by atoms with Gasteiger partial charge in [-0.25, -0.2) is 15.0 Å². The molecule has 0 fully saturated rings. The second-order valence-electron chi connectivity index (χ2n) is 14.5. The number of nitrogens with zero attached hydrogens (tertiary/aromatic N) is 3. The van der Waals surface area contributed by atoms with Crippen molar-refractivity contribution in [1.82, 2.24) is 15.0 Å². The van der Waals surface area contributed by atoms with Crippen molar-refractivity contribution >= 4 is 10.8 Å². The van der Waals surface area contributed by atoms with Gasteiger partial charge in [0.2, 0.25) is 0 Å². The highest BCUT2D eigenvalue weighted by Gasteiger charge is 2.47. The first-order chi connectivity index (χ1) is 27.1. The molecule has 3 nitrogen and oxygen atoms in total. The molecule has 0 amide bonds. The first-order valence-corrected chi connectivity index (χ1v) is 18.9. The predicted octanol–water partition coefficient (Wildman–Crippen LogP) is 12.7. The van der Waals surface area contributed by atoms with E-state index in [1.54, 1.807) is 0 Å². The highest BCUT2D eigenvalue weighted by molar-refractivity contribution is 6.06. The molecule has 0 unspecified atom stereocenters. The number of hydrogen-bond acceptors (Lipinski definition) is 3. The van der Waals surface area contributed by atoms with Crippen LogP contribution in [0.15, 0.2) is 188 Å². The van der Waals surface area contributed by atoms with E-state index < -0.39 is 5.41 Å². The Balaban J connectivity index is 1.30. The molecule has 0 N–H and O–H groups in total. The van der Waals surface area contributed by atoms with Gasteiger partial charge in [0.25, 0.3) is 0 Å². The summed E-state index contributed by atoms with van der Waals surface area (Å²) in [6, 6.07) is 67.6. The lowest BCUT2D eigenvalue weighted by Crippen LogP contribution is -2.28. The van der Waals surface area contributed by atoms with Crippen molar-refractivity contribution in [1.29, 1.82) is 0 Å². The molecule has 3 heteroatoms. The molecule has 1 aliphatic rings.